The van der Waals surface area contributed by atoms with E-state index in [1.165, 1.54) is 0 Å². The van der Waals surface area contributed by atoms with E-state index in [4.69, 9.17) is 15.9 Å². The van der Waals surface area contributed by atoms with E-state index in [0.29, 0.717) is 5.57 Å². The topological polar surface area (TPSA) is 88.2 Å². The Morgan fingerprint density at radius 1 is 1.75 bits per heavy atom. The zero-order valence-corrected chi connectivity index (χ0v) is 7.18. The number of esters is 1. The van der Waals surface area contributed by atoms with Crippen LogP contribution in [0, 0.1) is 5.41 Å². The number of hydrogen-bond acceptors (Lipinski definition) is 3. The van der Waals surface area contributed by atoms with Gasteiger partial charge in [-0.3, -0.25) is 5.41 Å². The number of hydrogen-bond donors (Lipinski definition) is 3. The predicted octanol–water partition coefficient (Wildman–Crippen LogP) is -0.0652. The van der Waals surface area contributed by atoms with Crippen LogP contribution in [-0.2, 0) is 9.53 Å². The Kier molecular flexibility index (Phi) is 3.82. The summed E-state index contributed by atoms with van der Waals surface area (Å²) in [7, 11) is 0. The highest BCUT2D eigenvalue weighted by Gasteiger charge is 2.08. The van der Waals surface area contributed by atoms with Crippen LogP contribution in [0.25, 0.3) is 0 Å². The molecule has 0 spiro atoms. The second-order valence-electron chi connectivity index (χ2n) is 2.39. The summed E-state index contributed by atoms with van der Waals surface area (Å²) in [4.78, 5) is 10.9. The average Bonchev–Trinajstić information content (AvgIpc) is 1.84. The molecule has 5 heteroatoms. The van der Waals surface area contributed by atoms with Crippen molar-refractivity contribution in [1.29, 1.82) is 5.41 Å². The predicted molar refractivity (Wildman–Crippen MR) is 45.4 cm³/mol. The first-order valence-corrected chi connectivity index (χ1v) is 3.40. The van der Waals surface area contributed by atoms with E-state index in [0.717, 1.165) is 0 Å². The number of nitrogens with one attached hydrogen (secondary N) is 2. The van der Waals surface area contributed by atoms with Crippen LogP contribution in [0.5, 0.6) is 0 Å². The van der Waals surface area contributed by atoms with Gasteiger partial charge in [-0.1, -0.05) is 6.58 Å². The minimum atomic E-state index is -0.605. The van der Waals surface area contributed by atoms with Gasteiger partial charge in [-0.2, -0.15) is 0 Å². The Morgan fingerprint density at radius 2 is 2.25 bits per heavy atom. The molecule has 0 aliphatic carbocycles. The summed E-state index contributed by atoms with van der Waals surface area (Å²) in [5, 5.41) is 9.23. The van der Waals surface area contributed by atoms with Gasteiger partial charge in [0.05, 0.1) is 0 Å². The first-order valence-electron chi connectivity index (χ1n) is 3.40. The van der Waals surface area contributed by atoms with Crippen molar-refractivity contribution in [3.05, 3.63) is 12.2 Å². The fourth-order valence-electron chi connectivity index (χ4n) is 0.510. The van der Waals surface area contributed by atoms with Crippen molar-refractivity contribution in [2.45, 2.75) is 20.1 Å². The van der Waals surface area contributed by atoms with Crippen LogP contribution in [0.4, 0.5) is 0 Å². The number of carbonyl (C=O) groups excluding carboxylic acids is 1. The van der Waals surface area contributed by atoms with Crippen molar-refractivity contribution in [3.8, 4) is 0 Å². The molecule has 0 rings (SSSR count). The van der Waals surface area contributed by atoms with E-state index < -0.39 is 12.2 Å². The van der Waals surface area contributed by atoms with Crippen LogP contribution in [0.1, 0.15) is 13.8 Å². The van der Waals surface area contributed by atoms with Gasteiger partial charge in [0.2, 0.25) is 0 Å². The van der Waals surface area contributed by atoms with Gasteiger partial charge < -0.3 is 15.8 Å². The summed E-state index contributed by atoms with van der Waals surface area (Å²) in [6.45, 7) is 6.52. The molecule has 0 aromatic carbocycles. The van der Waals surface area contributed by atoms with Gasteiger partial charge in [0.15, 0.2) is 12.2 Å². The highest BCUT2D eigenvalue weighted by molar-refractivity contribution is 5.87. The maximum Gasteiger partial charge on any atom is 0.335 e. The highest BCUT2D eigenvalue weighted by Crippen LogP contribution is 1.94. The molecule has 0 saturated heterocycles. The summed E-state index contributed by atoms with van der Waals surface area (Å²) in [6, 6.07) is 0. The molecule has 0 fully saturated rings. The molecule has 1 atom stereocenters. The molecule has 5 nitrogen and oxygen atoms in total. The first kappa shape index (κ1) is 10.5. The molecule has 12 heavy (non-hydrogen) atoms. The molecule has 4 N–H and O–H groups in total. The van der Waals surface area contributed by atoms with E-state index in [9.17, 15) is 4.79 Å². The third kappa shape index (κ3) is 4.32. The first-order chi connectivity index (χ1) is 5.43. The SMILES string of the molecule is C=C(C)C(=O)OC(C)NC(=N)N. The maximum absolute atomic E-state index is 10.9. The van der Waals surface area contributed by atoms with E-state index in [-0.39, 0.29) is 5.96 Å². The minimum absolute atomic E-state index is 0.239. The molecule has 1 unspecified atom stereocenters. The molecule has 0 bridgehead atoms. The number of nitrogens with two attached hydrogens (primary N) is 1. The average molecular weight is 171 g/mol. The van der Waals surface area contributed by atoms with E-state index in [1.54, 1.807) is 13.8 Å². The third-order valence-corrected chi connectivity index (χ3v) is 0.991. The molecule has 0 aromatic heterocycles. The van der Waals surface area contributed by atoms with Crippen LogP contribution >= 0.6 is 0 Å². The monoisotopic (exact) mass is 171 g/mol. The lowest BCUT2D eigenvalue weighted by Crippen LogP contribution is -2.40. The van der Waals surface area contributed by atoms with Gasteiger partial charge in [0.25, 0.3) is 0 Å². The Hall–Kier alpha value is -1.52. The number of guanidine groups is 1. The van der Waals surface area contributed by atoms with Crippen molar-refractivity contribution < 1.29 is 9.53 Å². The van der Waals surface area contributed by atoms with Gasteiger partial charge in [0.1, 0.15) is 0 Å². The van der Waals surface area contributed by atoms with Gasteiger partial charge in [-0.05, 0) is 13.8 Å². The Labute approximate surface area is 71.1 Å². The number of rotatable bonds is 3. The molecule has 0 amide bonds. The van der Waals surface area contributed by atoms with Crippen LogP contribution < -0.4 is 11.1 Å². The third-order valence-electron chi connectivity index (χ3n) is 0.991. The molecule has 0 radical (unpaired) electrons. The lowest BCUT2D eigenvalue weighted by molar-refractivity contribution is -0.143. The largest absolute Gasteiger partial charge is 0.439 e. The standard InChI is InChI=1S/C7H13N3O2/c1-4(2)6(11)12-5(3)10-7(8)9/h5H,1H2,2-3H3,(H4,8,9,10). The van der Waals surface area contributed by atoms with Crippen LogP contribution in [0.15, 0.2) is 12.2 Å². The summed E-state index contributed by atoms with van der Waals surface area (Å²) >= 11 is 0. The minimum Gasteiger partial charge on any atom is -0.439 e. The fourth-order valence-corrected chi connectivity index (χ4v) is 0.510. The van der Waals surface area contributed by atoms with Crippen molar-refractivity contribution in [1.82, 2.24) is 5.32 Å². The number of ether oxygens (including phenoxy) is 1. The van der Waals surface area contributed by atoms with Crippen molar-refractivity contribution in [2.24, 2.45) is 5.73 Å². The summed E-state index contributed by atoms with van der Waals surface area (Å²) in [5.74, 6) is -0.742. The van der Waals surface area contributed by atoms with Gasteiger partial charge in [0, 0.05) is 5.57 Å². The van der Waals surface area contributed by atoms with Crippen LogP contribution in [0.2, 0.25) is 0 Å². The van der Waals surface area contributed by atoms with Gasteiger partial charge in [-0.25, -0.2) is 4.79 Å². The second kappa shape index (κ2) is 4.38. The van der Waals surface area contributed by atoms with E-state index in [2.05, 4.69) is 11.9 Å². The highest BCUT2D eigenvalue weighted by atomic mass is 16.6. The smallest absolute Gasteiger partial charge is 0.335 e. The lowest BCUT2D eigenvalue weighted by Gasteiger charge is -2.14. The second-order valence-corrected chi connectivity index (χ2v) is 2.39. The molecule has 0 aliphatic heterocycles. The van der Waals surface area contributed by atoms with Crippen molar-refractivity contribution in [3.63, 3.8) is 0 Å². The normalized spacial score (nSPS) is 11.5. The van der Waals surface area contributed by atoms with Crippen LogP contribution in [0.3, 0.4) is 0 Å². The van der Waals surface area contributed by atoms with Crippen molar-refractivity contribution in [2.75, 3.05) is 0 Å². The lowest BCUT2D eigenvalue weighted by atomic mass is 10.4. The maximum atomic E-state index is 10.9. The Morgan fingerprint density at radius 3 is 2.58 bits per heavy atom. The summed E-state index contributed by atoms with van der Waals surface area (Å²) in [6.07, 6.45) is -0.605. The van der Waals surface area contributed by atoms with Crippen LogP contribution in [-0.4, -0.2) is 18.2 Å². The molecule has 68 valence electrons. The molecule has 0 heterocycles. The molecule has 0 aromatic rings. The number of carbonyl (C=O) groups is 1. The molecule has 0 saturated carbocycles. The zero-order valence-electron chi connectivity index (χ0n) is 7.18. The fraction of sp³-hybridized carbons (Fsp3) is 0.429. The van der Waals surface area contributed by atoms with Crippen molar-refractivity contribution >= 4 is 11.9 Å². The van der Waals surface area contributed by atoms with Gasteiger partial charge in [-0.15, -0.1) is 0 Å². The molecular formula is C7H13N3O2. The molecule has 0 aliphatic rings. The summed E-state index contributed by atoms with van der Waals surface area (Å²) in [5.41, 5.74) is 5.32. The van der Waals surface area contributed by atoms with Gasteiger partial charge >= 0.3 is 5.97 Å². The Bertz CT molecular complexity index is 213. The summed E-state index contributed by atoms with van der Waals surface area (Å²) < 4.78 is 4.75. The quantitative estimate of drug-likeness (QED) is 0.182. The zero-order chi connectivity index (χ0) is 9.72. The Balaban J connectivity index is 3.84. The van der Waals surface area contributed by atoms with E-state index >= 15 is 0 Å². The molecular weight excluding hydrogens is 158 g/mol. The van der Waals surface area contributed by atoms with E-state index in [1.807, 2.05) is 0 Å².